The Bertz CT molecular complexity index is 294. The summed E-state index contributed by atoms with van der Waals surface area (Å²) in [5.74, 6) is 0.0472. The molecule has 1 saturated heterocycles. The monoisotopic (exact) mass is 261 g/mol. The first kappa shape index (κ1) is 14.3. The van der Waals surface area contributed by atoms with Gasteiger partial charge in [-0.25, -0.2) is 0 Å². The zero-order valence-corrected chi connectivity index (χ0v) is 10.9. The summed E-state index contributed by atoms with van der Waals surface area (Å²) in [5.41, 5.74) is 0. The molecule has 2 amide bonds. The van der Waals surface area contributed by atoms with E-state index in [-0.39, 0.29) is 36.7 Å². The Morgan fingerprint density at radius 2 is 2.24 bits per heavy atom. The van der Waals surface area contributed by atoms with Gasteiger partial charge in [0.2, 0.25) is 11.8 Å². The van der Waals surface area contributed by atoms with E-state index in [1.54, 1.807) is 4.90 Å². The van der Waals surface area contributed by atoms with Gasteiger partial charge in [-0.1, -0.05) is 0 Å². The molecule has 1 aliphatic heterocycles. The van der Waals surface area contributed by atoms with Crippen LogP contribution in [0.4, 0.5) is 0 Å². The fourth-order valence-electron chi connectivity index (χ4n) is 1.96. The zero-order valence-electron chi connectivity index (χ0n) is 10.1. The van der Waals surface area contributed by atoms with Gasteiger partial charge in [-0.15, -0.1) is 12.4 Å². The van der Waals surface area contributed by atoms with E-state index in [9.17, 15) is 9.59 Å². The van der Waals surface area contributed by atoms with Gasteiger partial charge < -0.3 is 15.5 Å². The van der Waals surface area contributed by atoms with Crippen molar-refractivity contribution in [2.24, 2.45) is 0 Å². The first-order valence-corrected chi connectivity index (χ1v) is 6.02. The lowest BCUT2D eigenvalue weighted by molar-refractivity contribution is -0.138. The van der Waals surface area contributed by atoms with Gasteiger partial charge in [-0.2, -0.15) is 0 Å². The van der Waals surface area contributed by atoms with Crippen molar-refractivity contribution in [3.8, 4) is 0 Å². The molecule has 17 heavy (non-hydrogen) atoms. The van der Waals surface area contributed by atoms with Crippen molar-refractivity contribution in [3.63, 3.8) is 0 Å². The average molecular weight is 262 g/mol. The molecule has 0 bridgehead atoms. The number of amides is 2. The number of nitrogens with zero attached hydrogens (tertiary/aromatic N) is 1. The molecule has 2 N–H and O–H groups in total. The number of hydrogen-bond acceptors (Lipinski definition) is 3. The van der Waals surface area contributed by atoms with E-state index in [1.165, 1.54) is 0 Å². The Hall–Kier alpha value is -0.810. The third kappa shape index (κ3) is 3.85. The van der Waals surface area contributed by atoms with E-state index < -0.39 is 0 Å². The van der Waals surface area contributed by atoms with Crippen LogP contribution in [0.3, 0.4) is 0 Å². The number of nitrogens with one attached hydrogen (secondary N) is 2. The second kappa shape index (κ2) is 6.21. The molecule has 2 fully saturated rings. The van der Waals surface area contributed by atoms with Crippen molar-refractivity contribution in [2.75, 3.05) is 19.6 Å². The molecule has 0 aromatic carbocycles. The maximum Gasteiger partial charge on any atom is 0.240 e. The SMILES string of the molecule is CCN1CCNC(CC(=O)NC2CC2)C1=O.Cl. The highest BCUT2D eigenvalue weighted by atomic mass is 35.5. The number of rotatable bonds is 4. The lowest BCUT2D eigenvalue weighted by atomic mass is 10.1. The van der Waals surface area contributed by atoms with Crippen LogP contribution in [0.5, 0.6) is 0 Å². The zero-order chi connectivity index (χ0) is 11.5. The number of carbonyl (C=O) groups excluding carboxylic acids is 2. The van der Waals surface area contributed by atoms with Crippen LogP contribution in [0.1, 0.15) is 26.2 Å². The summed E-state index contributed by atoms with van der Waals surface area (Å²) < 4.78 is 0. The van der Waals surface area contributed by atoms with Crippen LogP contribution in [-0.4, -0.2) is 48.4 Å². The van der Waals surface area contributed by atoms with Crippen LogP contribution in [0.25, 0.3) is 0 Å². The molecule has 2 rings (SSSR count). The number of piperazine rings is 1. The smallest absolute Gasteiger partial charge is 0.240 e. The van der Waals surface area contributed by atoms with Crippen molar-refractivity contribution in [2.45, 2.75) is 38.3 Å². The van der Waals surface area contributed by atoms with Crippen LogP contribution < -0.4 is 10.6 Å². The average Bonchev–Trinajstić information content (AvgIpc) is 3.05. The molecule has 1 saturated carbocycles. The lowest BCUT2D eigenvalue weighted by Gasteiger charge is -2.32. The molecule has 0 spiro atoms. The molecule has 5 nitrogen and oxygen atoms in total. The quantitative estimate of drug-likeness (QED) is 0.743. The highest BCUT2D eigenvalue weighted by Crippen LogP contribution is 2.19. The van der Waals surface area contributed by atoms with Gasteiger partial charge in [0.25, 0.3) is 0 Å². The van der Waals surface area contributed by atoms with Crippen molar-refractivity contribution in [1.82, 2.24) is 15.5 Å². The number of halogens is 1. The number of carbonyl (C=O) groups is 2. The maximum absolute atomic E-state index is 11.9. The van der Waals surface area contributed by atoms with Gasteiger partial charge in [0.15, 0.2) is 0 Å². The minimum absolute atomic E-state index is 0. The third-order valence-corrected chi connectivity index (χ3v) is 3.10. The molecular weight excluding hydrogens is 242 g/mol. The predicted molar refractivity (Wildman–Crippen MR) is 67.1 cm³/mol. The van der Waals surface area contributed by atoms with E-state index in [0.29, 0.717) is 6.04 Å². The molecule has 1 unspecified atom stereocenters. The minimum atomic E-state index is -0.326. The third-order valence-electron chi connectivity index (χ3n) is 3.10. The van der Waals surface area contributed by atoms with E-state index in [4.69, 9.17) is 0 Å². The Kier molecular flexibility index (Phi) is 5.21. The fraction of sp³-hybridized carbons (Fsp3) is 0.818. The first-order valence-electron chi connectivity index (χ1n) is 6.02. The normalized spacial score (nSPS) is 24.2. The summed E-state index contributed by atoms with van der Waals surface area (Å²) in [6, 6.07) is 0.0425. The molecule has 0 aromatic heterocycles. The summed E-state index contributed by atoms with van der Waals surface area (Å²) >= 11 is 0. The Balaban J connectivity index is 0.00000144. The summed E-state index contributed by atoms with van der Waals surface area (Å²) in [5, 5.41) is 6.01. The van der Waals surface area contributed by atoms with Crippen molar-refractivity contribution in [1.29, 1.82) is 0 Å². The van der Waals surface area contributed by atoms with Crippen LogP contribution in [0.2, 0.25) is 0 Å². The summed E-state index contributed by atoms with van der Waals surface area (Å²) in [7, 11) is 0. The minimum Gasteiger partial charge on any atom is -0.353 e. The molecule has 1 heterocycles. The molecule has 0 radical (unpaired) electrons. The summed E-state index contributed by atoms with van der Waals surface area (Å²) in [6.07, 6.45) is 2.43. The van der Waals surface area contributed by atoms with E-state index in [2.05, 4.69) is 10.6 Å². The molecule has 2 aliphatic rings. The second-order valence-electron chi connectivity index (χ2n) is 4.47. The summed E-state index contributed by atoms with van der Waals surface area (Å²) in [6.45, 7) is 4.21. The highest BCUT2D eigenvalue weighted by Gasteiger charge is 2.31. The van der Waals surface area contributed by atoms with E-state index in [0.717, 1.165) is 32.5 Å². The lowest BCUT2D eigenvalue weighted by Crippen LogP contribution is -2.56. The Labute approximate surface area is 108 Å². The van der Waals surface area contributed by atoms with Crippen molar-refractivity contribution >= 4 is 24.2 Å². The van der Waals surface area contributed by atoms with Crippen LogP contribution in [-0.2, 0) is 9.59 Å². The van der Waals surface area contributed by atoms with Gasteiger partial charge in [-0.05, 0) is 19.8 Å². The van der Waals surface area contributed by atoms with Gasteiger partial charge in [-0.3, -0.25) is 9.59 Å². The highest BCUT2D eigenvalue weighted by molar-refractivity contribution is 5.89. The van der Waals surface area contributed by atoms with Gasteiger partial charge in [0, 0.05) is 25.7 Å². The van der Waals surface area contributed by atoms with Crippen LogP contribution in [0.15, 0.2) is 0 Å². The van der Waals surface area contributed by atoms with Crippen LogP contribution in [0, 0.1) is 0 Å². The second-order valence-corrected chi connectivity index (χ2v) is 4.47. The van der Waals surface area contributed by atoms with E-state index in [1.807, 2.05) is 6.92 Å². The van der Waals surface area contributed by atoms with Gasteiger partial charge in [0.05, 0.1) is 12.5 Å². The molecule has 98 valence electrons. The van der Waals surface area contributed by atoms with Crippen molar-refractivity contribution in [3.05, 3.63) is 0 Å². The Morgan fingerprint density at radius 1 is 1.53 bits per heavy atom. The van der Waals surface area contributed by atoms with Crippen molar-refractivity contribution < 1.29 is 9.59 Å². The summed E-state index contributed by atoms with van der Waals surface area (Å²) in [4.78, 5) is 25.3. The fourth-order valence-corrected chi connectivity index (χ4v) is 1.96. The number of hydrogen-bond donors (Lipinski definition) is 2. The standard InChI is InChI=1S/C11H19N3O2.ClH/c1-2-14-6-5-12-9(11(14)16)7-10(15)13-8-3-4-8;/h8-9,12H,2-7H2,1H3,(H,13,15);1H. The first-order chi connectivity index (χ1) is 7.70. The molecule has 6 heteroatoms. The maximum atomic E-state index is 11.9. The van der Waals surface area contributed by atoms with E-state index >= 15 is 0 Å². The molecular formula is C11H20ClN3O2. The number of likely N-dealkylation sites (N-methyl/N-ethyl adjacent to an activating group) is 1. The largest absolute Gasteiger partial charge is 0.353 e. The predicted octanol–water partition coefficient (Wildman–Crippen LogP) is -0.103. The Morgan fingerprint density at radius 3 is 2.82 bits per heavy atom. The topological polar surface area (TPSA) is 61.4 Å². The van der Waals surface area contributed by atoms with Gasteiger partial charge >= 0.3 is 0 Å². The van der Waals surface area contributed by atoms with Gasteiger partial charge in [0.1, 0.15) is 0 Å². The molecule has 0 aromatic rings. The molecule has 1 atom stereocenters. The molecule has 1 aliphatic carbocycles. The van der Waals surface area contributed by atoms with Crippen LogP contribution >= 0.6 is 12.4 Å².